The summed E-state index contributed by atoms with van der Waals surface area (Å²) in [5.74, 6) is 0. The van der Waals surface area contributed by atoms with Crippen LogP contribution in [0.1, 0.15) is 5.56 Å². The molecule has 1 aliphatic rings. The lowest BCUT2D eigenvalue weighted by Gasteiger charge is -2.33. The zero-order valence-corrected chi connectivity index (χ0v) is 10.5. The van der Waals surface area contributed by atoms with Crippen molar-refractivity contribution in [2.24, 2.45) is 0 Å². The van der Waals surface area contributed by atoms with Crippen LogP contribution in [0.15, 0.2) is 24.5 Å². The summed E-state index contributed by atoms with van der Waals surface area (Å²) in [6, 6.07) is 4.74. The molecule has 2 rings (SSSR count). The van der Waals surface area contributed by atoms with Crippen molar-refractivity contribution in [2.75, 3.05) is 39.8 Å². The average Bonchev–Trinajstić information content (AvgIpc) is 2.38. The molecule has 94 valence electrons. The zero-order chi connectivity index (χ0) is 11.9. The third kappa shape index (κ3) is 4.07. The summed E-state index contributed by atoms with van der Waals surface area (Å²) >= 11 is 0. The number of pyridine rings is 1. The molecule has 1 aromatic rings. The van der Waals surface area contributed by atoms with Crippen LogP contribution in [0.5, 0.6) is 0 Å². The number of nitrogens with zero attached hydrogens (tertiary/aromatic N) is 2. The maximum atomic E-state index is 4.12. The van der Waals surface area contributed by atoms with Crippen molar-refractivity contribution < 1.29 is 0 Å². The molecule has 4 nitrogen and oxygen atoms in total. The van der Waals surface area contributed by atoms with Crippen molar-refractivity contribution in [3.8, 4) is 0 Å². The summed E-state index contributed by atoms with van der Waals surface area (Å²) in [4.78, 5) is 6.54. The number of nitrogens with one attached hydrogen (secondary N) is 2. The van der Waals surface area contributed by atoms with Crippen LogP contribution in [-0.2, 0) is 6.42 Å². The summed E-state index contributed by atoms with van der Waals surface area (Å²) in [5, 5.41) is 6.96. The van der Waals surface area contributed by atoms with E-state index >= 15 is 0 Å². The van der Waals surface area contributed by atoms with E-state index in [1.165, 1.54) is 5.56 Å². The average molecular weight is 234 g/mol. The van der Waals surface area contributed by atoms with Gasteiger partial charge in [-0.05, 0) is 31.6 Å². The first kappa shape index (κ1) is 12.5. The topological polar surface area (TPSA) is 40.2 Å². The van der Waals surface area contributed by atoms with Crippen LogP contribution in [0.4, 0.5) is 0 Å². The van der Waals surface area contributed by atoms with Crippen molar-refractivity contribution >= 4 is 0 Å². The van der Waals surface area contributed by atoms with Gasteiger partial charge in [-0.2, -0.15) is 0 Å². The highest BCUT2D eigenvalue weighted by Gasteiger charge is 2.17. The van der Waals surface area contributed by atoms with Gasteiger partial charge >= 0.3 is 0 Å². The molecule has 0 amide bonds. The molecule has 0 saturated carbocycles. The quantitative estimate of drug-likeness (QED) is 0.710. The first-order valence-corrected chi connectivity index (χ1v) is 6.37. The lowest BCUT2D eigenvalue weighted by Crippen LogP contribution is -2.53. The third-order valence-electron chi connectivity index (χ3n) is 3.34. The van der Waals surface area contributed by atoms with Gasteiger partial charge in [0.25, 0.3) is 0 Å². The Hall–Kier alpha value is -0.970. The second-order valence-electron chi connectivity index (χ2n) is 4.65. The normalized spacial score (nSPS) is 21.6. The minimum absolute atomic E-state index is 0.623. The van der Waals surface area contributed by atoms with Gasteiger partial charge in [0, 0.05) is 44.6 Å². The van der Waals surface area contributed by atoms with Crippen molar-refractivity contribution in [2.45, 2.75) is 12.5 Å². The molecular weight excluding hydrogens is 212 g/mol. The Morgan fingerprint density at radius 3 is 3.29 bits per heavy atom. The first-order valence-electron chi connectivity index (χ1n) is 6.37. The summed E-state index contributed by atoms with van der Waals surface area (Å²) in [7, 11) is 2.20. The number of hydrogen-bond donors (Lipinski definition) is 2. The highest BCUT2D eigenvalue weighted by Crippen LogP contribution is 1.99. The second kappa shape index (κ2) is 6.69. The van der Waals surface area contributed by atoms with E-state index < -0.39 is 0 Å². The lowest BCUT2D eigenvalue weighted by atomic mass is 10.2. The monoisotopic (exact) mass is 234 g/mol. The van der Waals surface area contributed by atoms with Gasteiger partial charge < -0.3 is 10.6 Å². The highest BCUT2D eigenvalue weighted by molar-refractivity contribution is 5.08. The maximum Gasteiger partial charge on any atom is 0.0342 e. The number of rotatable bonds is 5. The summed E-state index contributed by atoms with van der Waals surface area (Å²) in [6.45, 7) is 5.44. The summed E-state index contributed by atoms with van der Waals surface area (Å²) in [5.41, 5.74) is 1.30. The van der Waals surface area contributed by atoms with E-state index in [1.54, 1.807) is 0 Å². The van der Waals surface area contributed by atoms with E-state index in [0.29, 0.717) is 6.04 Å². The number of likely N-dealkylation sites (N-methyl/N-ethyl adjacent to an activating group) is 1. The summed E-state index contributed by atoms with van der Waals surface area (Å²) in [6.07, 6.45) is 4.81. The van der Waals surface area contributed by atoms with Crippen LogP contribution in [0, 0.1) is 0 Å². The van der Waals surface area contributed by atoms with E-state index in [2.05, 4.69) is 33.6 Å². The van der Waals surface area contributed by atoms with Gasteiger partial charge in [0.05, 0.1) is 0 Å². The van der Waals surface area contributed by atoms with E-state index in [-0.39, 0.29) is 0 Å². The Morgan fingerprint density at radius 1 is 1.59 bits per heavy atom. The fourth-order valence-corrected chi connectivity index (χ4v) is 2.14. The number of aromatic nitrogens is 1. The fourth-order valence-electron chi connectivity index (χ4n) is 2.14. The molecule has 0 aliphatic carbocycles. The fraction of sp³-hybridized carbons (Fsp3) is 0.615. The Morgan fingerprint density at radius 2 is 2.53 bits per heavy atom. The van der Waals surface area contributed by atoms with Crippen LogP contribution in [0.25, 0.3) is 0 Å². The van der Waals surface area contributed by atoms with Gasteiger partial charge in [0.15, 0.2) is 0 Å². The van der Waals surface area contributed by atoms with Gasteiger partial charge in [0.1, 0.15) is 0 Å². The van der Waals surface area contributed by atoms with Gasteiger partial charge in [0.2, 0.25) is 0 Å². The molecule has 1 unspecified atom stereocenters. The minimum atomic E-state index is 0.623. The predicted octanol–water partition coefficient (Wildman–Crippen LogP) is 0.117. The van der Waals surface area contributed by atoms with Crippen molar-refractivity contribution in [1.82, 2.24) is 20.5 Å². The summed E-state index contributed by atoms with van der Waals surface area (Å²) < 4.78 is 0. The van der Waals surface area contributed by atoms with Gasteiger partial charge in [-0.3, -0.25) is 9.88 Å². The van der Waals surface area contributed by atoms with E-state index in [9.17, 15) is 0 Å². The molecule has 2 N–H and O–H groups in total. The Kier molecular flexibility index (Phi) is 4.91. The van der Waals surface area contributed by atoms with E-state index in [1.807, 2.05) is 18.5 Å². The molecule has 1 aromatic heterocycles. The van der Waals surface area contributed by atoms with E-state index in [4.69, 9.17) is 0 Å². The van der Waals surface area contributed by atoms with Crippen molar-refractivity contribution in [1.29, 1.82) is 0 Å². The molecule has 0 spiro atoms. The smallest absolute Gasteiger partial charge is 0.0342 e. The molecule has 1 saturated heterocycles. The predicted molar refractivity (Wildman–Crippen MR) is 70.1 cm³/mol. The van der Waals surface area contributed by atoms with Gasteiger partial charge in [-0.25, -0.2) is 0 Å². The SMILES string of the molecule is CN1CCNCC1CNCCc1cccnc1. The van der Waals surface area contributed by atoms with Gasteiger partial charge in [-0.1, -0.05) is 6.07 Å². The molecule has 1 fully saturated rings. The second-order valence-corrected chi connectivity index (χ2v) is 4.65. The minimum Gasteiger partial charge on any atom is -0.315 e. The molecule has 0 radical (unpaired) electrons. The highest BCUT2D eigenvalue weighted by atomic mass is 15.2. The molecule has 2 heterocycles. The van der Waals surface area contributed by atoms with Crippen LogP contribution < -0.4 is 10.6 Å². The Labute approximate surface area is 103 Å². The third-order valence-corrected chi connectivity index (χ3v) is 3.34. The van der Waals surface area contributed by atoms with Crippen molar-refractivity contribution in [3.63, 3.8) is 0 Å². The van der Waals surface area contributed by atoms with Crippen LogP contribution in [0.2, 0.25) is 0 Å². The van der Waals surface area contributed by atoms with Crippen molar-refractivity contribution in [3.05, 3.63) is 30.1 Å². The number of piperazine rings is 1. The first-order chi connectivity index (χ1) is 8.36. The lowest BCUT2D eigenvalue weighted by molar-refractivity contribution is 0.196. The zero-order valence-electron chi connectivity index (χ0n) is 10.5. The molecule has 1 aliphatic heterocycles. The molecule has 1 atom stereocenters. The maximum absolute atomic E-state index is 4.12. The molecule has 4 heteroatoms. The van der Waals surface area contributed by atoms with E-state index in [0.717, 1.165) is 39.1 Å². The van der Waals surface area contributed by atoms with Crippen LogP contribution in [-0.4, -0.2) is 55.7 Å². The standard InChI is InChI=1S/C13H22N4/c1-17-8-7-16-11-13(17)10-15-6-4-12-3-2-5-14-9-12/h2-3,5,9,13,15-16H,4,6-8,10-11H2,1H3. The van der Waals surface area contributed by atoms with Crippen LogP contribution in [0.3, 0.4) is 0 Å². The Bertz CT molecular complexity index is 314. The molecular formula is C13H22N4. The largest absolute Gasteiger partial charge is 0.315 e. The molecule has 0 bridgehead atoms. The van der Waals surface area contributed by atoms with Crippen LogP contribution >= 0.6 is 0 Å². The number of hydrogen-bond acceptors (Lipinski definition) is 4. The molecule has 0 aromatic carbocycles. The Balaban J connectivity index is 1.63. The molecule has 17 heavy (non-hydrogen) atoms. The van der Waals surface area contributed by atoms with Gasteiger partial charge in [-0.15, -0.1) is 0 Å².